The van der Waals surface area contributed by atoms with Crippen molar-refractivity contribution in [1.82, 2.24) is 0 Å². The number of rotatable bonds is 2. The second-order valence-corrected chi connectivity index (χ2v) is 3.08. The Morgan fingerprint density at radius 1 is 1.46 bits per heavy atom. The van der Waals surface area contributed by atoms with Gasteiger partial charge in [0, 0.05) is 6.07 Å². The summed E-state index contributed by atoms with van der Waals surface area (Å²) < 4.78 is 13.2. The molecule has 0 heterocycles. The van der Waals surface area contributed by atoms with Crippen molar-refractivity contribution in [3.8, 4) is 0 Å². The second kappa shape index (κ2) is 3.51. The monoisotopic (exact) mass is 183 g/mol. The first-order chi connectivity index (χ1) is 6.04. The molecular formula is C9H10FNO2. The van der Waals surface area contributed by atoms with E-state index >= 15 is 0 Å². The third kappa shape index (κ3) is 1.83. The van der Waals surface area contributed by atoms with Crippen LogP contribution in [0.4, 0.5) is 10.1 Å². The average Bonchev–Trinajstić information content (AvgIpc) is 2.02. The number of halogens is 1. The molecular weight excluding hydrogens is 173 g/mol. The Kier molecular flexibility index (Phi) is 2.60. The van der Waals surface area contributed by atoms with E-state index in [1.807, 2.05) is 0 Å². The van der Waals surface area contributed by atoms with Gasteiger partial charge in [-0.2, -0.15) is 0 Å². The molecule has 0 amide bonds. The maximum Gasteiger partial charge on any atom is 0.275 e. The van der Waals surface area contributed by atoms with Gasteiger partial charge < -0.3 is 0 Å². The lowest BCUT2D eigenvalue weighted by Gasteiger charge is -2.06. The third-order valence-electron chi connectivity index (χ3n) is 1.80. The van der Waals surface area contributed by atoms with Crippen molar-refractivity contribution in [2.24, 2.45) is 0 Å². The normalized spacial score (nSPS) is 10.5. The van der Waals surface area contributed by atoms with Crippen molar-refractivity contribution in [3.05, 3.63) is 39.7 Å². The van der Waals surface area contributed by atoms with Crippen molar-refractivity contribution in [1.29, 1.82) is 0 Å². The number of hydrogen-bond donors (Lipinski definition) is 0. The predicted octanol–water partition coefficient (Wildman–Crippen LogP) is 2.86. The van der Waals surface area contributed by atoms with Crippen LogP contribution in [0.1, 0.15) is 25.3 Å². The molecule has 0 fully saturated rings. The Labute approximate surface area is 75.3 Å². The molecule has 0 saturated heterocycles. The van der Waals surface area contributed by atoms with Gasteiger partial charge in [0.2, 0.25) is 0 Å². The zero-order chi connectivity index (χ0) is 10.0. The minimum Gasteiger partial charge on any atom is -0.258 e. The topological polar surface area (TPSA) is 43.1 Å². The molecule has 0 bridgehead atoms. The maximum absolute atomic E-state index is 13.2. The predicted molar refractivity (Wildman–Crippen MR) is 47.1 cm³/mol. The summed E-state index contributed by atoms with van der Waals surface area (Å²) in [7, 11) is 0. The molecule has 0 aliphatic rings. The van der Waals surface area contributed by atoms with Gasteiger partial charge in [0.25, 0.3) is 5.69 Å². The fraction of sp³-hybridized carbons (Fsp3) is 0.333. The zero-order valence-corrected chi connectivity index (χ0v) is 7.45. The number of nitrogens with zero attached hydrogens (tertiary/aromatic N) is 1. The summed E-state index contributed by atoms with van der Waals surface area (Å²) in [6, 6.07) is 3.90. The van der Waals surface area contributed by atoms with Gasteiger partial charge in [0.05, 0.1) is 10.5 Å². The van der Waals surface area contributed by atoms with Crippen LogP contribution in [0.2, 0.25) is 0 Å². The van der Waals surface area contributed by atoms with Crippen LogP contribution in [-0.2, 0) is 0 Å². The lowest BCUT2D eigenvalue weighted by Crippen LogP contribution is -2.00. The molecule has 0 atom stereocenters. The molecule has 0 aliphatic carbocycles. The molecule has 0 spiro atoms. The SMILES string of the molecule is CC(C)c1c(F)cccc1[N+](=O)[O-]. The smallest absolute Gasteiger partial charge is 0.258 e. The van der Waals surface area contributed by atoms with Gasteiger partial charge in [0.1, 0.15) is 5.82 Å². The summed E-state index contributed by atoms with van der Waals surface area (Å²) in [6.07, 6.45) is 0. The Morgan fingerprint density at radius 3 is 2.46 bits per heavy atom. The van der Waals surface area contributed by atoms with Crippen LogP contribution in [-0.4, -0.2) is 4.92 Å². The van der Waals surface area contributed by atoms with Crippen LogP contribution < -0.4 is 0 Å². The van der Waals surface area contributed by atoms with Gasteiger partial charge in [-0.1, -0.05) is 19.9 Å². The first-order valence-electron chi connectivity index (χ1n) is 3.97. The number of nitro benzene ring substituents is 1. The van der Waals surface area contributed by atoms with Crippen molar-refractivity contribution in [2.45, 2.75) is 19.8 Å². The van der Waals surface area contributed by atoms with E-state index < -0.39 is 10.7 Å². The Morgan fingerprint density at radius 2 is 2.08 bits per heavy atom. The van der Waals surface area contributed by atoms with Crippen molar-refractivity contribution < 1.29 is 9.31 Å². The fourth-order valence-corrected chi connectivity index (χ4v) is 1.26. The van der Waals surface area contributed by atoms with E-state index in [0.717, 1.165) is 0 Å². The van der Waals surface area contributed by atoms with Crippen molar-refractivity contribution in [3.63, 3.8) is 0 Å². The van der Waals surface area contributed by atoms with Crippen LogP contribution in [0.15, 0.2) is 18.2 Å². The lowest BCUT2D eigenvalue weighted by atomic mass is 10.0. The van der Waals surface area contributed by atoms with E-state index in [9.17, 15) is 14.5 Å². The van der Waals surface area contributed by atoms with E-state index in [-0.39, 0.29) is 17.2 Å². The van der Waals surface area contributed by atoms with Gasteiger partial charge >= 0.3 is 0 Å². The van der Waals surface area contributed by atoms with E-state index in [4.69, 9.17) is 0 Å². The summed E-state index contributed by atoms with van der Waals surface area (Å²) >= 11 is 0. The minimum atomic E-state index is -0.557. The van der Waals surface area contributed by atoms with Gasteiger partial charge in [-0.15, -0.1) is 0 Å². The van der Waals surface area contributed by atoms with Crippen molar-refractivity contribution in [2.75, 3.05) is 0 Å². The molecule has 0 aliphatic heterocycles. The minimum absolute atomic E-state index is 0.144. The highest BCUT2D eigenvalue weighted by Crippen LogP contribution is 2.28. The molecule has 0 N–H and O–H groups in total. The Bertz CT molecular complexity index is 336. The molecule has 1 rings (SSSR count). The highest BCUT2D eigenvalue weighted by Gasteiger charge is 2.19. The molecule has 1 aromatic rings. The first-order valence-corrected chi connectivity index (χ1v) is 3.97. The standard InChI is InChI=1S/C9H10FNO2/c1-6(2)9-7(10)4-3-5-8(9)11(12)13/h3-6H,1-2H3. The fourth-order valence-electron chi connectivity index (χ4n) is 1.26. The molecule has 1 aromatic carbocycles. The highest BCUT2D eigenvalue weighted by molar-refractivity contribution is 5.42. The quantitative estimate of drug-likeness (QED) is 0.522. The van der Waals surface area contributed by atoms with Crippen LogP contribution in [0.3, 0.4) is 0 Å². The van der Waals surface area contributed by atoms with E-state index in [0.29, 0.717) is 0 Å². The van der Waals surface area contributed by atoms with Crippen LogP contribution in [0.5, 0.6) is 0 Å². The Balaban J connectivity index is 3.34. The van der Waals surface area contributed by atoms with Crippen LogP contribution >= 0.6 is 0 Å². The van der Waals surface area contributed by atoms with E-state index in [1.165, 1.54) is 18.2 Å². The van der Waals surface area contributed by atoms with Crippen molar-refractivity contribution >= 4 is 5.69 Å². The summed E-state index contributed by atoms with van der Waals surface area (Å²) in [6.45, 7) is 3.46. The van der Waals surface area contributed by atoms with Crippen LogP contribution in [0.25, 0.3) is 0 Å². The average molecular weight is 183 g/mol. The molecule has 4 heteroatoms. The molecule has 3 nitrogen and oxygen atoms in total. The van der Waals surface area contributed by atoms with Gasteiger partial charge in [-0.25, -0.2) is 4.39 Å². The number of nitro groups is 1. The van der Waals surface area contributed by atoms with E-state index in [1.54, 1.807) is 13.8 Å². The highest BCUT2D eigenvalue weighted by atomic mass is 19.1. The lowest BCUT2D eigenvalue weighted by molar-refractivity contribution is -0.385. The first kappa shape index (κ1) is 9.64. The molecule has 13 heavy (non-hydrogen) atoms. The zero-order valence-electron chi connectivity index (χ0n) is 7.45. The molecule has 0 unspecified atom stereocenters. The maximum atomic E-state index is 13.2. The van der Waals surface area contributed by atoms with Gasteiger partial charge in [0.15, 0.2) is 0 Å². The number of benzene rings is 1. The van der Waals surface area contributed by atoms with Gasteiger partial charge in [-0.3, -0.25) is 10.1 Å². The Hall–Kier alpha value is -1.45. The summed E-state index contributed by atoms with van der Waals surface area (Å²) in [5.41, 5.74) is 0.0301. The van der Waals surface area contributed by atoms with E-state index in [2.05, 4.69) is 0 Å². The summed E-state index contributed by atoms with van der Waals surface area (Å²) in [5.74, 6) is -0.689. The molecule has 0 aromatic heterocycles. The number of hydrogen-bond acceptors (Lipinski definition) is 2. The summed E-state index contributed by atoms with van der Waals surface area (Å²) in [4.78, 5) is 9.96. The molecule has 0 saturated carbocycles. The summed E-state index contributed by atoms with van der Waals surface area (Å²) in [5, 5.41) is 10.5. The third-order valence-corrected chi connectivity index (χ3v) is 1.80. The largest absolute Gasteiger partial charge is 0.275 e. The van der Waals surface area contributed by atoms with Crippen LogP contribution in [0, 0.1) is 15.9 Å². The molecule has 70 valence electrons. The molecule has 0 radical (unpaired) electrons. The second-order valence-electron chi connectivity index (χ2n) is 3.08. The van der Waals surface area contributed by atoms with Gasteiger partial charge in [-0.05, 0) is 12.0 Å².